The summed E-state index contributed by atoms with van der Waals surface area (Å²) in [6, 6.07) is 6.13. The van der Waals surface area contributed by atoms with Gasteiger partial charge in [-0.25, -0.2) is 4.68 Å². The van der Waals surface area contributed by atoms with Crippen LogP contribution in [0.15, 0.2) is 24.4 Å². The van der Waals surface area contributed by atoms with E-state index < -0.39 is 0 Å². The first-order valence-electron chi connectivity index (χ1n) is 11.8. The van der Waals surface area contributed by atoms with Crippen LogP contribution in [0, 0.1) is 0 Å². The molecule has 4 aromatic rings. The molecule has 1 fully saturated rings. The third kappa shape index (κ3) is 3.65. The molecule has 1 aromatic carbocycles. The number of amides is 1. The van der Waals surface area contributed by atoms with Crippen LogP contribution in [0.5, 0.6) is 11.8 Å². The average Bonchev–Trinajstić information content (AvgIpc) is 3.50. The van der Waals surface area contributed by atoms with Crippen molar-refractivity contribution < 1.29 is 14.3 Å². The van der Waals surface area contributed by atoms with Crippen LogP contribution in [0.1, 0.15) is 36.7 Å². The molecule has 1 saturated heterocycles. The number of piperidine rings is 1. The minimum Gasteiger partial charge on any atom is -0.476 e. The first kappa shape index (κ1) is 21.5. The summed E-state index contributed by atoms with van der Waals surface area (Å²) in [4.78, 5) is 14.7. The molecule has 1 N–H and O–H groups in total. The highest BCUT2D eigenvalue weighted by Gasteiger charge is 2.30. The Morgan fingerprint density at radius 1 is 1.23 bits per heavy atom. The lowest BCUT2D eigenvalue weighted by molar-refractivity contribution is -0.137. The quantitative estimate of drug-likeness (QED) is 0.480. The molecule has 0 saturated carbocycles. The second kappa shape index (κ2) is 8.30. The van der Waals surface area contributed by atoms with Gasteiger partial charge in [-0.15, -0.1) is 5.10 Å². The summed E-state index contributed by atoms with van der Waals surface area (Å²) in [7, 11) is 3.76. The van der Waals surface area contributed by atoms with E-state index in [1.165, 1.54) is 0 Å². The second-order valence-electron chi connectivity index (χ2n) is 8.96. The van der Waals surface area contributed by atoms with Crippen molar-refractivity contribution in [3.63, 3.8) is 0 Å². The molecule has 5 heterocycles. The summed E-state index contributed by atoms with van der Waals surface area (Å²) >= 11 is 0. The molecule has 1 amide bonds. The molecule has 1 unspecified atom stereocenters. The topological polar surface area (TPSA) is 103 Å². The number of nitrogens with one attached hydrogen (secondary N) is 1. The van der Waals surface area contributed by atoms with Gasteiger partial charge in [-0.3, -0.25) is 14.6 Å². The maximum Gasteiger partial charge on any atom is 0.240 e. The van der Waals surface area contributed by atoms with E-state index in [0.29, 0.717) is 44.3 Å². The number of aromatic nitrogens is 6. The van der Waals surface area contributed by atoms with E-state index in [1.807, 2.05) is 56.4 Å². The van der Waals surface area contributed by atoms with Gasteiger partial charge in [0.05, 0.1) is 53.9 Å². The van der Waals surface area contributed by atoms with Crippen molar-refractivity contribution in [2.45, 2.75) is 32.4 Å². The molecular weight excluding hydrogens is 446 g/mol. The van der Waals surface area contributed by atoms with E-state index in [-0.39, 0.29) is 12.0 Å². The molecule has 0 spiro atoms. The van der Waals surface area contributed by atoms with Gasteiger partial charge < -0.3 is 14.4 Å². The Bertz CT molecular complexity index is 1460. The largest absolute Gasteiger partial charge is 0.476 e. The zero-order valence-corrected chi connectivity index (χ0v) is 20.0. The fraction of sp³-hybridized carbons (Fsp3) is 0.360. The fourth-order valence-corrected chi connectivity index (χ4v) is 4.87. The predicted molar refractivity (Wildman–Crippen MR) is 131 cm³/mol. The number of hydrogen-bond donors (Lipinski definition) is 1. The molecule has 2 aliphatic heterocycles. The maximum atomic E-state index is 12.9. The first-order chi connectivity index (χ1) is 17.0. The SMILES string of the molecule is CCOc1nn(C)c2c1/C=C/c1[nH]nc3ccc(cc13)-c1cnn(C)c1OC1CCC(=O)N(C2)C1. The molecule has 6 rings (SSSR count). The number of H-pyrrole nitrogens is 1. The Labute approximate surface area is 202 Å². The van der Waals surface area contributed by atoms with Gasteiger partial charge in [0, 0.05) is 25.9 Å². The highest BCUT2D eigenvalue weighted by atomic mass is 16.5. The van der Waals surface area contributed by atoms with Crippen LogP contribution in [-0.4, -0.2) is 59.8 Å². The van der Waals surface area contributed by atoms with Crippen molar-refractivity contribution in [2.24, 2.45) is 14.1 Å². The molecule has 3 aromatic heterocycles. The van der Waals surface area contributed by atoms with Crippen molar-refractivity contribution >= 4 is 29.0 Å². The number of fused-ring (bicyclic) bond motifs is 6. The lowest BCUT2D eigenvalue weighted by Gasteiger charge is -2.33. The van der Waals surface area contributed by atoms with Gasteiger partial charge in [0.15, 0.2) is 0 Å². The minimum atomic E-state index is -0.140. The normalized spacial score (nSPS) is 18.5. The lowest BCUT2D eigenvalue weighted by atomic mass is 10.0. The molecule has 0 radical (unpaired) electrons. The van der Waals surface area contributed by atoms with Crippen LogP contribution in [0.4, 0.5) is 0 Å². The van der Waals surface area contributed by atoms with Gasteiger partial charge in [-0.2, -0.15) is 10.2 Å². The standard InChI is InChI=1S/C25H27N7O3/c1-4-34-24-17-7-9-21-18-11-15(5-8-20(18)27-28-21)19-12-26-31(3)25(19)35-16-6-10-23(33)32(13-16)14-22(17)30(2)29-24/h5,7-9,11-12,16H,4,6,10,13-14H2,1-3H3,(H,27,28)/b9-7+. The Morgan fingerprint density at radius 3 is 2.97 bits per heavy atom. The van der Waals surface area contributed by atoms with Crippen molar-refractivity contribution in [1.82, 2.24) is 34.7 Å². The van der Waals surface area contributed by atoms with E-state index in [0.717, 1.165) is 39.0 Å². The van der Waals surface area contributed by atoms with Crippen LogP contribution in [0.25, 0.3) is 34.2 Å². The molecule has 2 aliphatic rings. The highest BCUT2D eigenvalue weighted by molar-refractivity contribution is 5.93. The summed E-state index contributed by atoms with van der Waals surface area (Å²) in [6.45, 7) is 3.34. The summed E-state index contributed by atoms with van der Waals surface area (Å²) < 4.78 is 15.9. The highest BCUT2D eigenvalue weighted by Crippen LogP contribution is 2.35. The predicted octanol–water partition coefficient (Wildman–Crippen LogP) is 3.15. The van der Waals surface area contributed by atoms with Gasteiger partial charge in [-0.1, -0.05) is 6.07 Å². The third-order valence-electron chi connectivity index (χ3n) is 6.73. The van der Waals surface area contributed by atoms with Gasteiger partial charge in [0.2, 0.25) is 17.7 Å². The molecule has 1 atom stereocenters. The molecule has 10 nitrogen and oxygen atoms in total. The van der Waals surface area contributed by atoms with Crippen LogP contribution in [0.3, 0.4) is 0 Å². The van der Waals surface area contributed by atoms with Gasteiger partial charge in [0.1, 0.15) is 6.10 Å². The van der Waals surface area contributed by atoms with Crippen molar-refractivity contribution in [2.75, 3.05) is 13.2 Å². The maximum absolute atomic E-state index is 12.9. The van der Waals surface area contributed by atoms with E-state index >= 15 is 0 Å². The molecule has 10 heteroatoms. The molecular formula is C25H27N7O3. The number of nitrogens with zero attached hydrogens (tertiary/aromatic N) is 6. The number of carbonyl (C=O) groups excluding carboxylic acids is 1. The number of aromatic amines is 1. The fourth-order valence-electron chi connectivity index (χ4n) is 4.87. The summed E-state index contributed by atoms with van der Waals surface area (Å²) in [5.41, 5.74) is 5.40. The second-order valence-corrected chi connectivity index (χ2v) is 8.96. The van der Waals surface area contributed by atoms with Crippen LogP contribution < -0.4 is 9.47 Å². The van der Waals surface area contributed by atoms with E-state index in [9.17, 15) is 4.79 Å². The van der Waals surface area contributed by atoms with Crippen LogP contribution in [0.2, 0.25) is 0 Å². The molecule has 0 aliphatic carbocycles. The molecule has 180 valence electrons. The van der Waals surface area contributed by atoms with Gasteiger partial charge >= 0.3 is 0 Å². The Morgan fingerprint density at radius 2 is 2.11 bits per heavy atom. The minimum absolute atomic E-state index is 0.107. The summed E-state index contributed by atoms with van der Waals surface area (Å²) in [5.74, 6) is 1.35. The van der Waals surface area contributed by atoms with Crippen LogP contribution >= 0.6 is 0 Å². The van der Waals surface area contributed by atoms with E-state index in [2.05, 4.69) is 26.5 Å². The van der Waals surface area contributed by atoms with E-state index in [4.69, 9.17) is 9.47 Å². The van der Waals surface area contributed by atoms with Crippen molar-refractivity contribution in [3.8, 4) is 22.9 Å². The Balaban J connectivity index is 1.55. The zero-order chi connectivity index (χ0) is 24.1. The number of aryl methyl sites for hydroxylation is 2. The number of carbonyl (C=O) groups is 1. The third-order valence-corrected chi connectivity index (χ3v) is 6.73. The number of ether oxygens (including phenoxy) is 2. The van der Waals surface area contributed by atoms with Crippen LogP contribution in [-0.2, 0) is 25.4 Å². The van der Waals surface area contributed by atoms with Gasteiger partial charge in [0.25, 0.3) is 0 Å². The Kier molecular flexibility index (Phi) is 5.09. The lowest BCUT2D eigenvalue weighted by Crippen LogP contribution is -2.44. The molecule has 35 heavy (non-hydrogen) atoms. The van der Waals surface area contributed by atoms with Crippen molar-refractivity contribution in [3.05, 3.63) is 41.3 Å². The number of benzene rings is 1. The average molecular weight is 474 g/mol. The van der Waals surface area contributed by atoms with Gasteiger partial charge in [-0.05, 0) is 43.2 Å². The number of hydrogen-bond acceptors (Lipinski definition) is 6. The first-order valence-corrected chi connectivity index (χ1v) is 11.8. The zero-order valence-electron chi connectivity index (χ0n) is 20.0. The van der Waals surface area contributed by atoms with E-state index in [1.54, 1.807) is 9.36 Å². The monoisotopic (exact) mass is 473 g/mol. The summed E-state index contributed by atoms with van der Waals surface area (Å²) in [6.07, 6.45) is 6.76. The van der Waals surface area contributed by atoms with Crippen molar-refractivity contribution in [1.29, 1.82) is 0 Å². The smallest absolute Gasteiger partial charge is 0.240 e. The molecule has 4 bridgehead atoms. The Hall–Kier alpha value is -4.08. The number of rotatable bonds is 2. The summed E-state index contributed by atoms with van der Waals surface area (Å²) in [5, 5.41) is 17.7.